The third-order valence-electron chi connectivity index (χ3n) is 5.98. The van der Waals surface area contributed by atoms with Crippen molar-refractivity contribution in [3.63, 3.8) is 0 Å². The van der Waals surface area contributed by atoms with Gasteiger partial charge in [0.15, 0.2) is 0 Å². The summed E-state index contributed by atoms with van der Waals surface area (Å²) < 4.78 is 1.86. The molecule has 2 aliphatic heterocycles. The van der Waals surface area contributed by atoms with Gasteiger partial charge in [0.25, 0.3) is 5.91 Å². The third-order valence-corrected chi connectivity index (χ3v) is 5.98. The second-order valence-corrected chi connectivity index (χ2v) is 7.70. The number of hydrogen-bond acceptors (Lipinski definition) is 3. The highest BCUT2D eigenvalue weighted by molar-refractivity contribution is 5.95. The lowest BCUT2D eigenvalue weighted by Gasteiger charge is -2.33. The quantitative estimate of drug-likeness (QED) is 0.819. The molecule has 0 N–H and O–H groups in total. The number of hydrogen-bond donors (Lipinski definition) is 0. The number of aromatic nitrogens is 2. The van der Waals surface area contributed by atoms with Gasteiger partial charge in [0.1, 0.15) is 0 Å². The van der Waals surface area contributed by atoms with E-state index in [9.17, 15) is 9.59 Å². The highest BCUT2D eigenvalue weighted by Gasteiger charge is 2.32. The van der Waals surface area contributed by atoms with Gasteiger partial charge < -0.3 is 9.80 Å². The normalized spacial score (nSPS) is 17.9. The predicted octanol–water partition coefficient (Wildman–Crippen LogP) is 2.91. The summed E-state index contributed by atoms with van der Waals surface area (Å²) in [5.74, 6) is 0.390. The summed E-state index contributed by atoms with van der Waals surface area (Å²) in [5.41, 5.74) is 2.58. The number of rotatable bonds is 4. The predicted molar refractivity (Wildman–Crippen MR) is 107 cm³/mol. The number of para-hydroxylation sites is 1. The molecular weight excluding hydrogens is 352 g/mol. The molecule has 2 amide bonds. The molecule has 3 heterocycles. The van der Waals surface area contributed by atoms with E-state index in [-0.39, 0.29) is 17.7 Å². The standard InChI is InChI=1S/C22H28N4O2/c1-2-20-19(16-23-26(20)18-8-4-3-5-9-18)22(28)25-14-10-17(11-15-25)21(27)24-12-6-7-13-24/h3-5,8-9,16-17H,2,6-7,10-15H2,1H3. The number of carbonyl (C=O) groups excluding carboxylic acids is 2. The SMILES string of the molecule is CCc1c(C(=O)N2CCC(C(=O)N3CCCC3)CC2)cnn1-c1ccccc1. The molecule has 6 nitrogen and oxygen atoms in total. The van der Waals surface area contributed by atoms with Gasteiger partial charge in [-0.05, 0) is 44.2 Å². The first-order chi connectivity index (χ1) is 13.7. The van der Waals surface area contributed by atoms with Gasteiger partial charge in [-0.1, -0.05) is 25.1 Å². The van der Waals surface area contributed by atoms with Crippen LogP contribution in [0.3, 0.4) is 0 Å². The molecule has 4 rings (SSSR count). The Morgan fingerprint density at radius 1 is 1.00 bits per heavy atom. The minimum atomic E-state index is 0.0334. The fourth-order valence-corrected chi connectivity index (χ4v) is 4.38. The number of piperidine rings is 1. The number of benzene rings is 1. The lowest BCUT2D eigenvalue weighted by atomic mass is 9.95. The van der Waals surface area contributed by atoms with Crippen LogP contribution in [-0.2, 0) is 11.2 Å². The molecule has 2 aromatic rings. The van der Waals surface area contributed by atoms with E-state index in [1.807, 2.05) is 51.7 Å². The molecule has 0 aliphatic carbocycles. The van der Waals surface area contributed by atoms with Gasteiger partial charge in [0, 0.05) is 32.1 Å². The molecule has 148 valence electrons. The molecule has 0 saturated carbocycles. The van der Waals surface area contributed by atoms with Crippen molar-refractivity contribution in [3.05, 3.63) is 47.8 Å². The van der Waals surface area contributed by atoms with Gasteiger partial charge >= 0.3 is 0 Å². The molecular formula is C22H28N4O2. The van der Waals surface area contributed by atoms with Crippen LogP contribution in [0.1, 0.15) is 48.7 Å². The zero-order valence-corrected chi connectivity index (χ0v) is 16.5. The monoisotopic (exact) mass is 380 g/mol. The van der Waals surface area contributed by atoms with Crippen molar-refractivity contribution in [2.45, 2.75) is 39.0 Å². The molecule has 2 saturated heterocycles. The van der Waals surface area contributed by atoms with E-state index in [0.717, 1.165) is 56.6 Å². The van der Waals surface area contributed by atoms with Crippen LogP contribution in [0.25, 0.3) is 5.69 Å². The van der Waals surface area contributed by atoms with E-state index < -0.39 is 0 Å². The summed E-state index contributed by atoms with van der Waals surface area (Å²) in [5, 5.41) is 4.48. The summed E-state index contributed by atoms with van der Waals surface area (Å²) in [6.07, 6.45) is 6.18. The Hall–Kier alpha value is -2.63. The smallest absolute Gasteiger partial charge is 0.257 e. The average molecular weight is 380 g/mol. The fourth-order valence-electron chi connectivity index (χ4n) is 4.38. The van der Waals surface area contributed by atoms with Crippen molar-refractivity contribution in [1.82, 2.24) is 19.6 Å². The lowest BCUT2D eigenvalue weighted by Crippen LogP contribution is -2.43. The fraction of sp³-hybridized carbons (Fsp3) is 0.500. The summed E-state index contributed by atoms with van der Waals surface area (Å²) in [4.78, 5) is 29.6. The molecule has 1 aromatic carbocycles. The molecule has 2 fully saturated rings. The van der Waals surface area contributed by atoms with Crippen LogP contribution < -0.4 is 0 Å². The average Bonchev–Trinajstić information content (AvgIpc) is 3.43. The van der Waals surface area contributed by atoms with Crippen LogP contribution in [-0.4, -0.2) is 57.6 Å². The Morgan fingerprint density at radius 3 is 2.32 bits per heavy atom. The minimum absolute atomic E-state index is 0.0334. The Kier molecular flexibility index (Phi) is 5.46. The molecule has 0 atom stereocenters. The highest BCUT2D eigenvalue weighted by Crippen LogP contribution is 2.24. The Labute approximate surface area is 166 Å². The molecule has 28 heavy (non-hydrogen) atoms. The lowest BCUT2D eigenvalue weighted by molar-refractivity contribution is -0.135. The first-order valence-corrected chi connectivity index (χ1v) is 10.4. The summed E-state index contributed by atoms with van der Waals surface area (Å²) in [7, 11) is 0. The number of amides is 2. The Morgan fingerprint density at radius 2 is 1.68 bits per heavy atom. The molecule has 6 heteroatoms. The molecule has 0 bridgehead atoms. The van der Waals surface area contributed by atoms with E-state index in [0.29, 0.717) is 18.7 Å². The van der Waals surface area contributed by atoms with Crippen LogP contribution in [0, 0.1) is 5.92 Å². The van der Waals surface area contributed by atoms with Crippen LogP contribution in [0.4, 0.5) is 0 Å². The number of carbonyl (C=O) groups is 2. The van der Waals surface area contributed by atoms with E-state index in [2.05, 4.69) is 5.10 Å². The van der Waals surface area contributed by atoms with Gasteiger partial charge in [-0.15, -0.1) is 0 Å². The molecule has 0 spiro atoms. The van der Waals surface area contributed by atoms with Gasteiger partial charge in [0.05, 0.1) is 23.1 Å². The Bertz CT molecular complexity index is 831. The maximum Gasteiger partial charge on any atom is 0.257 e. The minimum Gasteiger partial charge on any atom is -0.342 e. The van der Waals surface area contributed by atoms with Gasteiger partial charge in [-0.2, -0.15) is 5.10 Å². The maximum atomic E-state index is 13.1. The first-order valence-electron chi connectivity index (χ1n) is 10.4. The van der Waals surface area contributed by atoms with Gasteiger partial charge in [-0.3, -0.25) is 9.59 Å². The number of nitrogens with zero attached hydrogens (tertiary/aromatic N) is 4. The van der Waals surface area contributed by atoms with Crippen LogP contribution in [0.2, 0.25) is 0 Å². The molecule has 0 unspecified atom stereocenters. The largest absolute Gasteiger partial charge is 0.342 e. The number of likely N-dealkylation sites (tertiary alicyclic amines) is 2. The van der Waals surface area contributed by atoms with Gasteiger partial charge in [0.2, 0.25) is 5.91 Å². The van der Waals surface area contributed by atoms with Crippen molar-refractivity contribution in [1.29, 1.82) is 0 Å². The maximum absolute atomic E-state index is 13.1. The summed E-state index contributed by atoms with van der Waals surface area (Å²) in [6, 6.07) is 9.91. The molecule has 1 aromatic heterocycles. The van der Waals surface area contributed by atoms with E-state index in [4.69, 9.17) is 0 Å². The van der Waals surface area contributed by atoms with E-state index >= 15 is 0 Å². The van der Waals surface area contributed by atoms with E-state index in [1.165, 1.54) is 0 Å². The zero-order valence-electron chi connectivity index (χ0n) is 16.5. The molecule has 0 radical (unpaired) electrons. The van der Waals surface area contributed by atoms with Crippen LogP contribution >= 0.6 is 0 Å². The van der Waals surface area contributed by atoms with Crippen molar-refractivity contribution in [2.75, 3.05) is 26.2 Å². The first kappa shape index (κ1) is 18.7. The Balaban J connectivity index is 1.44. The van der Waals surface area contributed by atoms with Crippen molar-refractivity contribution >= 4 is 11.8 Å². The third kappa shape index (κ3) is 3.55. The molecule has 2 aliphatic rings. The summed E-state index contributed by atoms with van der Waals surface area (Å²) >= 11 is 0. The van der Waals surface area contributed by atoms with E-state index in [1.54, 1.807) is 6.20 Å². The van der Waals surface area contributed by atoms with Gasteiger partial charge in [-0.25, -0.2) is 4.68 Å². The summed E-state index contributed by atoms with van der Waals surface area (Å²) in [6.45, 7) is 5.13. The van der Waals surface area contributed by atoms with Crippen LogP contribution in [0.5, 0.6) is 0 Å². The van der Waals surface area contributed by atoms with Crippen molar-refractivity contribution in [2.24, 2.45) is 5.92 Å². The second kappa shape index (κ2) is 8.17. The zero-order chi connectivity index (χ0) is 19.5. The van der Waals surface area contributed by atoms with Crippen molar-refractivity contribution < 1.29 is 9.59 Å². The highest BCUT2D eigenvalue weighted by atomic mass is 16.2. The van der Waals surface area contributed by atoms with Crippen LogP contribution in [0.15, 0.2) is 36.5 Å². The topological polar surface area (TPSA) is 58.4 Å². The van der Waals surface area contributed by atoms with Crippen molar-refractivity contribution in [3.8, 4) is 5.69 Å². The second-order valence-electron chi connectivity index (χ2n) is 7.70.